The maximum Gasteiger partial charge on any atom is 0.173 e. The highest BCUT2D eigenvalue weighted by Crippen LogP contribution is 2.39. The van der Waals surface area contributed by atoms with E-state index in [1.165, 1.54) is 0 Å². The number of carbonyl (C=O) groups excluding carboxylic acids is 1. The molecule has 122 valence electrons. The van der Waals surface area contributed by atoms with Gasteiger partial charge in [-0.1, -0.05) is 24.3 Å². The molecule has 1 fully saturated rings. The Hall–Kier alpha value is -2.07. The Bertz CT molecular complexity index is 620. The molecule has 0 radical (unpaired) electrons. The van der Waals surface area contributed by atoms with Crippen LogP contribution in [0.1, 0.15) is 24.8 Å². The predicted octanol–water partition coefficient (Wildman–Crippen LogP) is 3.38. The van der Waals surface area contributed by atoms with Gasteiger partial charge in [0, 0.05) is 12.0 Å². The van der Waals surface area contributed by atoms with Gasteiger partial charge in [0.1, 0.15) is 11.9 Å². The predicted molar refractivity (Wildman–Crippen MR) is 88.1 cm³/mol. The van der Waals surface area contributed by atoms with E-state index in [0.29, 0.717) is 17.9 Å². The van der Waals surface area contributed by atoms with Crippen molar-refractivity contribution >= 4 is 11.4 Å². The smallest absolute Gasteiger partial charge is 0.173 e. The number of hydrogen-bond donors (Lipinski definition) is 0. The number of ether oxygens (including phenoxy) is 3. The standard InChI is InChI=1S/C19H22O4/c1-3-10-22-13-8-9-15-18(11-13)23-12-16(19(15)20)14-6-4-5-7-17(14)21-2/h3-7,12-13,15,18H,1,8-11H2,2H3. The molecule has 4 heteroatoms. The van der Waals surface area contributed by atoms with Crippen LogP contribution in [0.5, 0.6) is 5.75 Å². The van der Waals surface area contributed by atoms with Crippen LogP contribution in [0.25, 0.3) is 5.57 Å². The highest BCUT2D eigenvalue weighted by molar-refractivity contribution is 6.22. The summed E-state index contributed by atoms with van der Waals surface area (Å²) >= 11 is 0. The molecule has 1 aromatic carbocycles. The quantitative estimate of drug-likeness (QED) is 0.782. The fourth-order valence-electron chi connectivity index (χ4n) is 3.38. The van der Waals surface area contributed by atoms with Crippen LogP contribution in [0.2, 0.25) is 0 Å². The summed E-state index contributed by atoms with van der Waals surface area (Å²) in [5, 5.41) is 0. The van der Waals surface area contributed by atoms with E-state index in [2.05, 4.69) is 6.58 Å². The number of para-hydroxylation sites is 1. The Morgan fingerprint density at radius 3 is 2.96 bits per heavy atom. The Balaban J connectivity index is 1.78. The molecule has 0 spiro atoms. The first kappa shape index (κ1) is 15.8. The van der Waals surface area contributed by atoms with Crippen LogP contribution in [0.4, 0.5) is 0 Å². The molecule has 2 aliphatic rings. The molecule has 0 bridgehead atoms. The van der Waals surface area contributed by atoms with Crippen LogP contribution in [0, 0.1) is 5.92 Å². The zero-order chi connectivity index (χ0) is 16.2. The van der Waals surface area contributed by atoms with Crippen molar-refractivity contribution in [2.24, 2.45) is 5.92 Å². The molecule has 3 atom stereocenters. The molecular formula is C19H22O4. The van der Waals surface area contributed by atoms with Gasteiger partial charge in [-0.2, -0.15) is 0 Å². The average Bonchev–Trinajstić information content (AvgIpc) is 2.60. The zero-order valence-electron chi connectivity index (χ0n) is 13.4. The molecule has 1 saturated carbocycles. The normalized spacial score (nSPS) is 26.7. The van der Waals surface area contributed by atoms with Crippen LogP contribution in [-0.2, 0) is 14.3 Å². The summed E-state index contributed by atoms with van der Waals surface area (Å²) in [7, 11) is 1.61. The molecule has 1 aliphatic carbocycles. The number of methoxy groups -OCH3 is 1. The van der Waals surface area contributed by atoms with E-state index in [-0.39, 0.29) is 23.9 Å². The summed E-state index contributed by atoms with van der Waals surface area (Å²) in [6, 6.07) is 7.54. The van der Waals surface area contributed by atoms with E-state index < -0.39 is 0 Å². The van der Waals surface area contributed by atoms with Crippen molar-refractivity contribution in [2.45, 2.75) is 31.5 Å². The second-order valence-electron chi connectivity index (χ2n) is 5.93. The van der Waals surface area contributed by atoms with Crippen LogP contribution in [0.3, 0.4) is 0 Å². The van der Waals surface area contributed by atoms with Crippen LogP contribution < -0.4 is 4.74 Å². The van der Waals surface area contributed by atoms with Gasteiger partial charge in [0.25, 0.3) is 0 Å². The van der Waals surface area contributed by atoms with Crippen molar-refractivity contribution in [3.05, 3.63) is 48.7 Å². The number of fused-ring (bicyclic) bond motifs is 1. The third-order valence-electron chi connectivity index (χ3n) is 4.55. The number of rotatable bonds is 5. The second-order valence-corrected chi connectivity index (χ2v) is 5.93. The first-order valence-corrected chi connectivity index (χ1v) is 8.00. The lowest BCUT2D eigenvalue weighted by molar-refractivity contribution is -0.127. The number of carbonyl (C=O) groups is 1. The van der Waals surface area contributed by atoms with Crippen molar-refractivity contribution in [3.63, 3.8) is 0 Å². The van der Waals surface area contributed by atoms with E-state index in [1.54, 1.807) is 19.4 Å². The number of benzene rings is 1. The van der Waals surface area contributed by atoms with Crippen molar-refractivity contribution in [1.82, 2.24) is 0 Å². The third kappa shape index (κ3) is 3.17. The van der Waals surface area contributed by atoms with Gasteiger partial charge in [-0.25, -0.2) is 0 Å². The fraction of sp³-hybridized carbons (Fsp3) is 0.421. The Morgan fingerprint density at radius 1 is 1.35 bits per heavy atom. The number of ketones is 1. The molecule has 1 aliphatic heterocycles. The van der Waals surface area contributed by atoms with Gasteiger partial charge in [-0.3, -0.25) is 4.79 Å². The minimum Gasteiger partial charge on any atom is -0.496 e. The Kier molecular flexibility index (Phi) is 4.82. The van der Waals surface area contributed by atoms with E-state index >= 15 is 0 Å². The van der Waals surface area contributed by atoms with E-state index in [1.807, 2.05) is 24.3 Å². The SMILES string of the molecule is C=CCOC1CCC2C(=O)C(c3ccccc3OC)=COC2C1. The van der Waals surface area contributed by atoms with Gasteiger partial charge < -0.3 is 14.2 Å². The zero-order valence-corrected chi connectivity index (χ0v) is 13.4. The molecule has 1 heterocycles. The summed E-state index contributed by atoms with van der Waals surface area (Å²) in [6.45, 7) is 4.21. The summed E-state index contributed by atoms with van der Waals surface area (Å²) in [5.74, 6) is 0.744. The lowest BCUT2D eigenvalue weighted by Gasteiger charge is -2.37. The molecule has 0 amide bonds. The van der Waals surface area contributed by atoms with Gasteiger partial charge >= 0.3 is 0 Å². The van der Waals surface area contributed by atoms with E-state index in [4.69, 9.17) is 14.2 Å². The van der Waals surface area contributed by atoms with Gasteiger partial charge in [-0.05, 0) is 18.9 Å². The summed E-state index contributed by atoms with van der Waals surface area (Å²) in [6.07, 6.45) is 5.81. The second kappa shape index (κ2) is 7.01. The summed E-state index contributed by atoms with van der Waals surface area (Å²) in [5.41, 5.74) is 1.40. The van der Waals surface area contributed by atoms with E-state index in [9.17, 15) is 4.79 Å². The molecule has 23 heavy (non-hydrogen) atoms. The van der Waals surface area contributed by atoms with Crippen LogP contribution in [0.15, 0.2) is 43.2 Å². The molecule has 3 rings (SSSR count). The lowest BCUT2D eigenvalue weighted by Crippen LogP contribution is -2.41. The maximum absolute atomic E-state index is 12.9. The highest BCUT2D eigenvalue weighted by Gasteiger charge is 2.41. The number of allylic oxidation sites excluding steroid dienone is 1. The van der Waals surface area contributed by atoms with Crippen LogP contribution >= 0.6 is 0 Å². The van der Waals surface area contributed by atoms with Crippen molar-refractivity contribution in [2.75, 3.05) is 13.7 Å². The van der Waals surface area contributed by atoms with Crippen molar-refractivity contribution in [3.8, 4) is 5.75 Å². The largest absolute Gasteiger partial charge is 0.496 e. The molecule has 4 nitrogen and oxygen atoms in total. The van der Waals surface area contributed by atoms with E-state index in [0.717, 1.165) is 24.8 Å². The third-order valence-corrected chi connectivity index (χ3v) is 4.55. The maximum atomic E-state index is 12.9. The first-order chi connectivity index (χ1) is 11.2. The molecular weight excluding hydrogens is 292 g/mol. The topological polar surface area (TPSA) is 44.8 Å². The van der Waals surface area contributed by atoms with Gasteiger partial charge in [0.05, 0.1) is 37.6 Å². The van der Waals surface area contributed by atoms with Crippen LogP contribution in [-0.4, -0.2) is 31.7 Å². The van der Waals surface area contributed by atoms with Crippen molar-refractivity contribution < 1.29 is 19.0 Å². The average molecular weight is 314 g/mol. The number of hydrogen-bond acceptors (Lipinski definition) is 4. The number of Topliss-reactive ketones (excluding diaryl/α,β-unsaturated/α-hetero) is 1. The molecule has 0 aromatic heterocycles. The van der Waals surface area contributed by atoms with Crippen molar-refractivity contribution in [1.29, 1.82) is 0 Å². The molecule has 0 N–H and O–H groups in total. The summed E-state index contributed by atoms with van der Waals surface area (Å²) < 4.78 is 17.0. The monoisotopic (exact) mass is 314 g/mol. The fourth-order valence-corrected chi connectivity index (χ4v) is 3.38. The highest BCUT2D eigenvalue weighted by atomic mass is 16.5. The van der Waals surface area contributed by atoms with Gasteiger partial charge in [-0.15, -0.1) is 6.58 Å². The first-order valence-electron chi connectivity index (χ1n) is 8.00. The molecule has 3 unspecified atom stereocenters. The molecule has 1 aromatic rings. The van der Waals surface area contributed by atoms with Gasteiger partial charge in [0.2, 0.25) is 0 Å². The summed E-state index contributed by atoms with van der Waals surface area (Å²) in [4.78, 5) is 12.9. The Morgan fingerprint density at radius 2 is 2.17 bits per heavy atom. The molecule has 0 saturated heterocycles. The van der Waals surface area contributed by atoms with Gasteiger partial charge in [0.15, 0.2) is 5.78 Å². The minimum atomic E-state index is -0.0940. The lowest BCUT2D eigenvalue weighted by atomic mass is 9.77. The Labute approximate surface area is 136 Å². The minimum absolute atomic E-state index is 0.0930.